The highest BCUT2D eigenvalue weighted by Gasteiger charge is 2.21. The molecule has 6 nitrogen and oxygen atoms in total. The standard InChI is InChI=1S/C29H34O6/c1-20(2)10-9-11-21(3)14-15-23-26(33-18-31-4)17-27-28(29(23)34-19-32-5)24(30)16-25(35-27)22-12-7-6-8-13-22/h6-8,10,12-14,16-17H,9,11,15,18-19H2,1-5H3/b21-14+. The van der Waals surface area contributed by atoms with Gasteiger partial charge < -0.3 is 23.4 Å². The number of methoxy groups -OCH3 is 2. The van der Waals surface area contributed by atoms with Gasteiger partial charge in [-0.25, -0.2) is 0 Å². The van der Waals surface area contributed by atoms with E-state index in [1.54, 1.807) is 13.2 Å². The van der Waals surface area contributed by atoms with E-state index in [4.69, 9.17) is 23.4 Å². The molecule has 6 heteroatoms. The highest BCUT2D eigenvalue weighted by Crippen LogP contribution is 2.38. The molecule has 0 spiro atoms. The molecule has 3 rings (SSSR count). The smallest absolute Gasteiger partial charge is 0.197 e. The van der Waals surface area contributed by atoms with Crippen LogP contribution in [0.25, 0.3) is 22.3 Å². The predicted molar refractivity (Wildman–Crippen MR) is 139 cm³/mol. The van der Waals surface area contributed by atoms with Crippen molar-refractivity contribution in [3.63, 3.8) is 0 Å². The molecule has 186 valence electrons. The lowest BCUT2D eigenvalue weighted by atomic mass is 10.0. The van der Waals surface area contributed by atoms with Gasteiger partial charge >= 0.3 is 0 Å². The molecule has 0 aliphatic heterocycles. The minimum atomic E-state index is -0.194. The molecule has 0 aliphatic rings. The van der Waals surface area contributed by atoms with E-state index in [2.05, 4.69) is 32.9 Å². The van der Waals surface area contributed by atoms with Crippen molar-refractivity contribution in [2.75, 3.05) is 27.8 Å². The van der Waals surface area contributed by atoms with E-state index in [0.29, 0.717) is 34.6 Å². The number of hydrogen-bond donors (Lipinski definition) is 0. The summed E-state index contributed by atoms with van der Waals surface area (Å²) in [6, 6.07) is 12.7. The maximum atomic E-state index is 13.3. The third-order valence-electron chi connectivity index (χ3n) is 5.49. The summed E-state index contributed by atoms with van der Waals surface area (Å²) >= 11 is 0. The zero-order chi connectivity index (χ0) is 25.2. The SMILES string of the molecule is COCOc1cc2oc(-c3ccccc3)cc(=O)c2c(OCOC)c1C/C=C(\C)CCC=C(C)C. The van der Waals surface area contributed by atoms with Gasteiger partial charge in [-0.2, -0.15) is 0 Å². The molecule has 0 N–H and O–H groups in total. The van der Waals surface area contributed by atoms with E-state index >= 15 is 0 Å². The van der Waals surface area contributed by atoms with Crippen molar-refractivity contribution in [2.45, 2.75) is 40.0 Å². The molecule has 1 aromatic heterocycles. The number of allylic oxidation sites excluding steroid dienone is 4. The summed E-state index contributed by atoms with van der Waals surface area (Å²) in [7, 11) is 3.10. The topological polar surface area (TPSA) is 67.1 Å². The summed E-state index contributed by atoms with van der Waals surface area (Å²) in [6.07, 6.45) is 6.81. The van der Waals surface area contributed by atoms with E-state index < -0.39 is 0 Å². The molecule has 2 aromatic carbocycles. The Balaban J connectivity index is 2.13. The Morgan fingerprint density at radius 1 is 0.943 bits per heavy atom. The van der Waals surface area contributed by atoms with Gasteiger partial charge in [0, 0.05) is 37.5 Å². The lowest BCUT2D eigenvalue weighted by molar-refractivity contribution is 0.0455. The maximum Gasteiger partial charge on any atom is 0.197 e. The van der Waals surface area contributed by atoms with Crippen molar-refractivity contribution < 1.29 is 23.4 Å². The average Bonchev–Trinajstić information content (AvgIpc) is 2.85. The summed E-state index contributed by atoms with van der Waals surface area (Å²) in [5.74, 6) is 1.41. The van der Waals surface area contributed by atoms with Crippen molar-refractivity contribution in [2.24, 2.45) is 0 Å². The molecular weight excluding hydrogens is 444 g/mol. The molecule has 0 saturated heterocycles. The van der Waals surface area contributed by atoms with Gasteiger partial charge in [-0.05, 0) is 40.0 Å². The van der Waals surface area contributed by atoms with Crippen LogP contribution in [0.3, 0.4) is 0 Å². The van der Waals surface area contributed by atoms with Gasteiger partial charge in [0.1, 0.15) is 28.2 Å². The van der Waals surface area contributed by atoms with Crippen LogP contribution in [0, 0.1) is 0 Å². The first kappa shape index (κ1) is 26.3. The van der Waals surface area contributed by atoms with Crippen LogP contribution < -0.4 is 14.9 Å². The number of rotatable bonds is 12. The minimum Gasteiger partial charge on any atom is -0.467 e. The van der Waals surface area contributed by atoms with Crippen LogP contribution in [0.4, 0.5) is 0 Å². The van der Waals surface area contributed by atoms with Crippen LogP contribution >= 0.6 is 0 Å². The molecule has 0 unspecified atom stereocenters. The second kappa shape index (κ2) is 12.9. The highest BCUT2D eigenvalue weighted by molar-refractivity contribution is 5.88. The van der Waals surface area contributed by atoms with Crippen LogP contribution in [0.15, 0.2) is 75.0 Å². The van der Waals surface area contributed by atoms with Gasteiger partial charge in [0.05, 0.1) is 0 Å². The van der Waals surface area contributed by atoms with Crippen LogP contribution in [-0.2, 0) is 15.9 Å². The molecule has 0 aliphatic carbocycles. The second-order valence-corrected chi connectivity index (χ2v) is 8.57. The summed E-state index contributed by atoms with van der Waals surface area (Å²) in [5, 5.41) is 0.358. The fourth-order valence-corrected chi connectivity index (χ4v) is 3.74. The largest absolute Gasteiger partial charge is 0.467 e. The fraction of sp³-hybridized carbons (Fsp3) is 0.345. The monoisotopic (exact) mass is 478 g/mol. The third-order valence-corrected chi connectivity index (χ3v) is 5.49. The summed E-state index contributed by atoms with van der Waals surface area (Å²) in [5.41, 5.74) is 4.28. The van der Waals surface area contributed by atoms with Gasteiger partial charge in [-0.15, -0.1) is 0 Å². The first-order chi connectivity index (χ1) is 16.9. The molecule has 0 bridgehead atoms. The number of ether oxygens (including phenoxy) is 4. The van der Waals surface area contributed by atoms with Crippen LogP contribution in [0.2, 0.25) is 0 Å². The van der Waals surface area contributed by atoms with Crippen molar-refractivity contribution >= 4 is 11.0 Å². The Bertz CT molecular complexity index is 1230. The Morgan fingerprint density at radius 2 is 1.66 bits per heavy atom. The molecule has 35 heavy (non-hydrogen) atoms. The number of benzene rings is 2. The summed E-state index contributed by atoms with van der Waals surface area (Å²) in [6.45, 7) is 6.34. The molecule has 3 aromatic rings. The molecule has 0 saturated carbocycles. The van der Waals surface area contributed by atoms with Gasteiger partial charge in [-0.1, -0.05) is 53.6 Å². The minimum absolute atomic E-state index is 0.0149. The Hall–Kier alpha value is -3.35. The fourth-order valence-electron chi connectivity index (χ4n) is 3.74. The van der Waals surface area contributed by atoms with Crippen molar-refractivity contribution in [1.29, 1.82) is 0 Å². The zero-order valence-electron chi connectivity index (χ0n) is 21.2. The molecule has 0 amide bonds. The van der Waals surface area contributed by atoms with Crippen molar-refractivity contribution in [3.8, 4) is 22.8 Å². The molecule has 0 fully saturated rings. The lowest BCUT2D eigenvalue weighted by Crippen LogP contribution is -2.11. The summed E-state index contributed by atoms with van der Waals surface area (Å²) in [4.78, 5) is 13.3. The molecule has 0 radical (unpaired) electrons. The Kier molecular flexibility index (Phi) is 9.70. The first-order valence-corrected chi connectivity index (χ1v) is 11.7. The van der Waals surface area contributed by atoms with Gasteiger partial charge in [0.25, 0.3) is 0 Å². The van der Waals surface area contributed by atoms with E-state index in [-0.39, 0.29) is 19.0 Å². The summed E-state index contributed by atoms with van der Waals surface area (Å²) < 4.78 is 28.3. The lowest BCUT2D eigenvalue weighted by Gasteiger charge is -2.17. The van der Waals surface area contributed by atoms with Gasteiger partial charge in [0.15, 0.2) is 19.0 Å². The number of fused-ring (bicyclic) bond motifs is 1. The van der Waals surface area contributed by atoms with Crippen molar-refractivity contribution in [3.05, 3.63) is 81.5 Å². The third kappa shape index (κ3) is 7.07. The normalized spacial score (nSPS) is 11.5. The van der Waals surface area contributed by atoms with E-state index in [9.17, 15) is 4.79 Å². The van der Waals surface area contributed by atoms with E-state index in [1.807, 2.05) is 30.3 Å². The Morgan fingerprint density at radius 3 is 2.34 bits per heavy atom. The first-order valence-electron chi connectivity index (χ1n) is 11.7. The maximum absolute atomic E-state index is 13.3. The number of hydrogen-bond acceptors (Lipinski definition) is 6. The van der Waals surface area contributed by atoms with Gasteiger partial charge in [0.2, 0.25) is 0 Å². The molecular formula is C29H34O6. The predicted octanol–water partition coefficient (Wildman–Crippen LogP) is 6.66. The van der Waals surface area contributed by atoms with Crippen molar-refractivity contribution in [1.82, 2.24) is 0 Å². The molecule has 1 heterocycles. The quantitative estimate of drug-likeness (QED) is 0.214. The second-order valence-electron chi connectivity index (χ2n) is 8.57. The Labute approximate surface area is 206 Å². The average molecular weight is 479 g/mol. The van der Waals surface area contributed by atoms with Crippen LogP contribution in [0.1, 0.15) is 39.2 Å². The van der Waals surface area contributed by atoms with Crippen LogP contribution in [0.5, 0.6) is 11.5 Å². The highest BCUT2D eigenvalue weighted by atomic mass is 16.7. The zero-order valence-corrected chi connectivity index (χ0v) is 21.2. The van der Waals surface area contributed by atoms with Gasteiger partial charge in [-0.3, -0.25) is 4.79 Å². The van der Waals surface area contributed by atoms with Crippen LogP contribution in [-0.4, -0.2) is 27.8 Å². The molecule has 0 atom stereocenters. The van der Waals surface area contributed by atoms with E-state index in [0.717, 1.165) is 24.0 Å². The van der Waals surface area contributed by atoms with E-state index in [1.165, 1.54) is 24.3 Å².